The maximum Gasteiger partial charge on any atom is 0.306 e. The molecule has 6 heteroatoms. The van der Waals surface area contributed by atoms with Crippen LogP contribution < -0.4 is 5.32 Å². The summed E-state index contributed by atoms with van der Waals surface area (Å²) < 4.78 is 5.32. The molecule has 0 aliphatic heterocycles. The maximum absolute atomic E-state index is 11.8. The quantitative estimate of drug-likeness (QED) is 0.116. The van der Waals surface area contributed by atoms with Crippen molar-refractivity contribution < 1.29 is 23.9 Å². The Morgan fingerprint density at radius 3 is 1.55 bits per heavy atom. The Hall–Kier alpha value is -1.72. The maximum atomic E-state index is 11.8. The van der Waals surface area contributed by atoms with Gasteiger partial charge in [0, 0.05) is 19.3 Å². The molecular weight excluding hydrogens is 418 g/mol. The number of carbonyl (C=O) groups is 4. The van der Waals surface area contributed by atoms with Crippen molar-refractivity contribution in [2.75, 3.05) is 0 Å². The van der Waals surface area contributed by atoms with Crippen molar-refractivity contribution >= 4 is 24.4 Å². The van der Waals surface area contributed by atoms with Gasteiger partial charge in [-0.05, 0) is 40.0 Å². The fourth-order valence-corrected chi connectivity index (χ4v) is 3.77. The molecule has 0 fully saturated rings. The number of nitrogens with one attached hydrogen (secondary N) is 1. The number of carbonyl (C=O) groups excluding carboxylic acids is 4. The van der Waals surface area contributed by atoms with E-state index in [1.807, 2.05) is 20.8 Å². The van der Waals surface area contributed by atoms with Crippen LogP contribution in [0.25, 0.3) is 0 Å². The Bertz CT molecular complexity index is 527. The van der Waals surface area contributed by atoms with Crippen LogP contribution in [0.3, 0.4) is 0 Å². The summed E-state index contributed by atoms with van der Waals surface area (Å²) in [5.74, 6) is -0.177. The summed E-state index contributed by atoms with van der Waals surface area (Å²) in [7, 11) is 0. The van der Waals surface area contributed by atoms with Gasteiger partial charge in [-0.1, -0.05) is 77.0 Å². The first kappa shape index (κ1) is 31.3. The Kier molecular flexibility index (Phi) is 19.8. The summed E-state index contributed by atoms with van der Waals surface area (Å²) in [6.07, 6.45) is 19.6. The lowest BCUT2D eigenvalue weighted by Crippen LogP contribution is -2.35. The molecule has 0 aliphatic carbocycles. The van der Waals surface area contributed by atoms with Crippen molar-refractivity contribution in [2.24, 2.45) is 0 Å². The molecule has 33 heavy (non-hydrogen) atoms. The van der Waals surface area contributed by atoms with Crippen LogP contribution in [0, 0.1) is 0 Å². The van der Waals surface area contributed by atoms with Crippen LogP contribution in [0.15, 0.2) is 0 Å². The predicted molar refractivity (Wildman–Crippen MR) is 133 cm³/mol. The minimum Gasteiger partial charge on any atom is -0.460 e. The minimum atomic E-state index is -0.535. The second kappa shape index (κ2) is 20.9. The second-order valence-electron chi connectivity index (χ2n) is 10.1. The van der Waals surface area contributed by atoms with Crippen LogP contribution in [0.1, 0.15) is 136 Å². The minimum absolute atomic E-state index is 0.0804. The number of rotatable bonds is 22. The Morgan fingerprint density at radius 2 is 1.15 bits per heavy atom. The SMILES string of the molecule is CC(C)(C)OC(=O)CCCCCCCCCCCCCCCCC(=O)NC(C=O)CCC=O. The Labute approximate surface area is 202 Å². The largest absolute Gasteiger partial charge is 0.460 e. The van der Waals surface area contributed by atoms with Gasteiger partial charge in [0.25, 0.3) is 0 Å². The smallest absolute Gasteiger partial charge is 0.306 e. The van der Waals surface area contributed by atoms with Crippen LogP contribution in [0.4, 0.5) is 0 Å². The van der Waals surface area contributed by atoms with Crippen molar-refractivity contribution in [1.29, 1.82) is 0 Å². The molecule has 0 radical (unpaired) electrons. The van der Waals surface area contributed by atoms with E-state index >= 15 is 0 Å². The third-order valence-electron chi connectivity index (χ3n) is 5.56. The summed E-state index contributed by atoms with van der Waals surface area (Å²) >= 11 is 0. The van der Waals surface area contributed by atoms with Crippen molar-refractivity contribution in [1.82, 2.24) is 5.32 Å². The molecule has 0 aromatic rings. The van der Waals surface area contributed by atoms with E-state index in [4.69, 9.17) is 4.74 Å². The molecule has 0 saturated heterocycles. The van der Waals surface area contributed by atoms with E-state index in [1.165, 1.54) is 57.8 Å². The number of aldehydes is 2. The summed E-state index contributed by atoms with van der Waals surface area (Å²) in [4.78, 5) is 44.7. The highest BCUT2D eigenvalue weighted by Gasteiger charge is 2.15. The zero-order valence-corrected chi connectivity index (χ0v) is 21.5. The van der Waals surface area contributed by atoms with E-state index in [2.05, 4.69) is 5.32 Å². The highest BCUT2D eigenvalue weighted by Crippen LogP contribution is 2.15. The molecule has 1 amide bonds. The molecule has 0 spiro atoms. The second-order valence-corrected chi connectivity index (χ2v) is 10.1. The Morgan fingerprint density at radius 1 is 0.727 bits per heavy atom. The van der Waals surface area contributed by atoms with Crippen LogP contribution in [-0.4, -0.2) is 36.1 Å². The van der Waals surface area contributed by atoms with E-state index < -0.39 is 6.04 Å². The average Bonchev–Trinajstić information content (AvgIpc) is 2.75. The third kappa shape index (κ3) is 23.2. The first-order chi connectivity index (χ1) is 15.8. The van der Waals surface area contributed by atoms with Crippen LogP contribution >= 0.6 is 0 Å². The van der Waals surface area contributed by atoms with Gasteiger partial charge in [-0.3, -0.25) is 9.59 Å². The average molecular weight is 468 g/mol. The number of ether oxygens (including phenoxy) is 1. The lowest BCUT2D eigenvalue weighted by Gasteiger charge is -2.19. The fraction of sp³-hybridized carbons (Fsp3) is 0.852. The van der Waals surface area contributed by atoms with Crippen LogP contribution in [-0.2, 0) is 23.9 Å². The normalized spacial score (nSPS) is 12.2. The lowest BCUT2D eigenvalue weighted by molar-refractivity contribution is -0.155. The number of unbranched alkanes of at least 4 members (excludes halogenated alkanes) is 13. The molecule has 0 rings (SSSR count). The standard InChI is InChI=1S/C27H49NO5/c1-27(2,3)33-26(32)21-17-15-13-11-9-7-5-4-6-8-10-12-14-16-20-25(31)28-24(23-30)19-18-22-29/h22-24H,4-21H2,1-3H3,(H,28,31). The van der Waals surface area contributed by atoms with Crippen molar-refractivity contribution in [3.63, 3.8) is 0 Å². The number of hydrogen-bond donors (Lipinski definition) is 1. The highest BCUT2D eigenvalue weighted by atomic mass is 16.6. The topological polar surface area (TPSA) is 89.5 Å². The summed E-state index contributed by atoms with van der Waals surface area (Å²) in [6.45, 7) is 5.72. The number of amides is 1. The molecule has 1 unspecified atom stereocenters. The summed E-state index contributed by atoms with van der Waals surface area (Å²) in [6, 6.07) is -0.535. The first-order valence-corrected chi connectivity index (χ1v) is 13.2. The zero-order valence-electron chi connectivity index (χ0n) is 21.5. The van der Waals surface area contributed by atoms with Crippen LogP contribution in [0.5, 0.6) is 0 Å². The van der Waals surface area contributed by atoms with Gasteiger partial charge in [0.05, 0.1) is 6.04 Å². The van der Waals surface area contributed by atoms with Gasteiger partial charge >= 0.3 is 5.97 Å². The predicted octanol–water partition coefficient (Wildman–Crippen LogP) is 6.23. The summed E-state index contributed by atoms with van der Waals surface area (Å²) in [5.41, 5.74) is -0.378. The molecule has 1 N–H and O–H groups in total. The molecule has 0 aromatic carbocycles. The van der Waals surface area contributed by atoms with Crippen molar-refractivity contribution in [3.05, 3.63) is 0 Å². The number of hydrogen-bond acceptors (Lipinski definition) is 5. The van der Waals surface area contributed by atoms with Gasteiger partial charge in [0.15, 0.2) is 0 Å². The molecule has 0 aliphatic rings. The van der Waals surface area contributed by atoms with E-state index in [-0.39, 0.29) is 17.5 Å². The molecule has 1 atom stereocenters. The molecular formula is C27H49NO5. The van der Waals surface area contributed by atoms with Crippen LogP contribution in [0.2, 0.25) is 0 Å². The van der Waals surface area contributed by atoms with Gasteiger partial charge < -0.3 is 19.6 Å². The summed E-state index contributed by atoms with van der Waals surface area (Å²) in [5, 5.41) is 2.68. The van der Waals surface area contributed by atoms with Gasteiger partial charge in [-0.25, -0.2) is 0 Å². The van der Waals surface area contributed by atoms with Crippen molar-refractivity contribution in [2.45, 2.75) is 148 Å². The van der Waals surface area contributed by atoms with Gasteiger partial charge in [-0.15, -0.1) is 0 Å². The zero-order chi connectivity index (χ0) is 24.8. The van der Waals surface area contributed by atoms with Crippen molar-refractivity contribution in [3.8, 4) is 0 Å². The molecule has 0 saturated carbocycles. The van der Waals surface area contributed by atoms with E-state index in [1.54, 1.807) is 0 Å². The first-order valence-electron chi connectivity index (χ1n) is 13.2. The molecule has 0 aromatic heterocycles. The molecule has 6 nitrogen and oxygen atoms in total. The van der Waals surface area contributed by atoms with Gasteiger partial charge in [0.1, 0.15) is 18.2 Å². The Balaban J connectivity index is 3.34. The van der Waals surface area contributed by atoms with E-state index in [0.29, 0.717) is 32.0 Å². The van der Waals surface area contributed by atoms with E-state index in [0.717, 1.165) is 38.4 Å². The molecule has 192 valence electrons. The molecule has 0 heterocycles. The number of esters is 1. The molecule has 0 bridgehead atoms. The van der Waals surface area contributed by atoms with Gasteiger partial charge in [-0.2, -0.15) is 0 Å². The lowest BCUT2D eigenvalue weighted by atomic mass is 10.0. The van der Waals surface area contributed by atoms with Gasteiger partial charge in [0.2, 0.25) is 5.91 Å². The monoisotopic (exact) mass is 467 g/mol. The van der Waals surface area contributed by atoms with E-state index in [9.17, 15) is 19.2 Å². The highest BCUT2D eigenvalue weighted by molar-refractivity contribution is 5.79. The fourth-order valence-electron chi connectivity index (χ4n) is 3.77. The third-order valence-corrected chi connectivity index (χ3v) is 5.56.